The van der Waals surface area contributed by atoms with Gasteiger partial charge in [0.2, 0.25) is 0 Å². The second kappa shape index (κ2) is 6.53. The van der Waals surface area contributed by atoms with Crippen LogP contribution in [-0.4, -0.2) is 53.7 Å². The minimum atomic E-state index is -1.03. The molecule has 0 aromatic carbocycles. The summed E-state index contributed by atoms with van der Waals surface area (Å²) < 4.78 is 5.77. The van der Waals surface area contributed by atoms with Crippen molar-refractivity contribution in [2.24, 2.45) is 5.41 Å². The molecule has 0 aliphatic carbocycles. The highest BCUT2D eigenvalue weighted by Crippen LogP contribution is 2.31. The van der Waals surface area contributed by atoms with Gasteiger partial charge in [-0.15, -0.1) is 0 Å². The Morgan fingerprint density at radius 2 is 2.29 bits per heavy atom. The summed E-state index contributed by atoms with van der Waals surface area (Å²) in [7, 11) is 1.48. The van der Waals surface area contributed by atoms with Gasteiger partial charge >= 0.3 is 5.97 Å². The number of aromatic nitrogens is 1. The van der Waals surface area contributed by atoms with Crippen LogP contribution in [0.2, 0.25) is 0 Å². The fourth-order valence-corrected chi connectivity index (χ4v) is 3.01. The molecule has 1 saturated heterocycles. The molecule has 0 radical (unpaired) electrons. The van der Waals surface area contributed by atoms with Crippen molar-refractivity contribution in [3.63, 3.8) is 0 Å². The lowest BCUT2D eigenvalue weighted by Crippen LogP contribution is -2.52. The SMILES string of the molecule is COCC1(C(=O)O)CCCN(C(=O)c2cncc(Br)c2)C1. The molecule has 7 heteroatoms. The highest BCUT2D eigenvalue weighted by Gasteiger charge is 2.44. The zero-order valence-corrected chi connectivity index (χ0v) is 13.3. The van der Waals surface area contributed by atoms with Gasteiger partial charge in [-0.1, -0.05) is 0 Å². The third-order valence-electron chi connectivity index (χ3n) is 3.69. The number of carboxylic acids is 1. The first-order valence-corrected chi connectivity index (χ1v) is 7.40. The lowest BCUT2D eigenvalue weighted by molar-refractivity contribution is -0.155. The van der Waals surface area contributed by atoms with Crippen molar-refractivity contribution in [3.8, 4) is 0 Å². The van der Waals surface area contributed by atoms with Gasteiger partial charge in [-0.2, -0.15) is 0 Å². The fourth-order valence-electron chi connectivity index (χ4n) is 2.65. The number of carbonyl (C=O) groups excluding carboxylic acids is 1. The van der Waals surface area contributed by atoms with E-state index < -0.39 is 11.4 Å². The van der Waals surface area contributed by atoms with E-state index in [1.54, 1.807) is 17.2 Å². The summed E-state index contributed by atoms with van der Waals surface area (Å²) in [6.45, 7) is 0.800. The zero-order chi connectivity index (χ0) is 15.5. The number of hydrogen-bond acceptors (Lipinski definition) is 4. The van der Waals surface area contributed by atoms with Crippen molar-refractivity contribution in [1.29, 1.82) is 0 Å². The van der Waals surface area contributed by atoms with Gasteiger partial charge in [0.05, 0.1) is 12.2 Å². The molecule has 0 spiro atoms. The van der Waals surface area contributed by atoms with E-state index in [4.69, 9.17) is 4.74 Å². The molecule has 1 atom stereocenters. The van der Waals surface area contributed by atoms with Gasteiger partial charge in [0.25, 0.3) is 5.91 Å². The molecule has 6 nitrogen and oxygen atoms in total. The van der Waals surface area contributed by atoms with Crippen LogP contribution in [0.1, 0.15) is 23.2 Å². The smallest absolute Gasteiger partial charge is 0.313 e. The number of methoxy groups -OCH3 is 1. The predicted octanol–water partition coefficient (Wildman–Crippen LogP) is 1.80. The summed E-state index contributed by atoms with van der Waals surface area (Å²) in [6.07, 6.45) is 4.24. The van der Waals surface area contributed by atoms with E-state index in [-0.39, 0.29) is 19.1 Å². The van der Waals surface area contributed by atoms with Gasteiger partial charge in [-0.25, -0.2) is 0 Å². The molecular weight excluding hydrogens is 340 g/mol. The Bertz CT molecular complexity index is 548. The predicted molar refractivity (Wildman–Crippen MR) is 79.0 cm³/mol. The van der Waals surface area contributed by atoms with Crippen LogP contribution in [0, 0.1) is 5.41 Å². The lowest BCUT2D eigenvalue weighted by Gasteiger charge is -2.39. The van der Waals surface area contributed by atoms with Gasteiger partial charge in [0, 0.05) is 37.1 Å². The van der Waals surface area contributed by atoms with Crippen LogP contribution in [0.25, 0.3) is 0 Å². The monoisotopic (exact) mass is 356 g/mol. The first kappa shape index (κ1) is 15.9. The van der Waals surface area contributed by atoms with E-state index in [2.05, 4.69) is 20.9 Å². The van der Waals surface area contributed by atoms with Crippen LogP contribution < -0.4 is 0 Å². The third-order valence-corrected chi connectivity index (χ3v) is 4.12. The van der Waals surface area contributed by atoms with E-state index in [9.17, 15) is 14.7 Å². The second-order valence-electron chi connectivity index (χ2n) is 5.24. The Kier molecular flexibility index (Phi) is 4.95. The largest absolute Gasteiger partial charge is 0.481 e. The lowest BCUT2D eigenvalue weighted by atomic mass is 9.80. The Balaban J connectivity index is 2.20. The number of nitrogens with zero attached hydrogens (tertiary/aromatic N) is 2. The molecule has 1 unspecified atom stereocenters. The number of ether oxygens (including phenoxy) is 1. The first-order valence-electron chi connectivity index (χ1n) is 6.61. The maximum Gasteiger partial charge on any atom is 0.313 e. The Morgan fingerprint density at radius 3 is 2.90 bits per heavy atom. The Labute approximate surface area is 131 Å². The van der Waals surface area contributed by atoms with Crippen molar-refractivity contribution in [2.75, 3.05) is 26.8 Å². The number of amides is 1. The summed E-state index contributed by atoms with van der Waals surface area (Å²) >= 11 is 3.28. The first-order chi connectivity index (χ1) is 9.98. The fraction of sp³-hybridized carbons (Fsp3) is 0.500. The molecule has 1 aliphatic heterocycles. The van der Waals surface area contributed by atoms with Crippen LogP contribution in [-0.2, 0) is 9.53 Å². The quantitative estimate of drug-likeness (QED) is 0.889. The number of halogens is 1. The molecule has 2 rings (SSSR count). The summed E-state index contributed by atoms with van der Waals surface area (Å²) in [4.78, 5) is 29.6. The van der Waals surface area contributed by atoms with E-state index in [0.29, 0.717) is 29.4 Å². The molecule has 1 amide bonds. The number of carboxylic acid groups (broad SMARTS) is 1. The molecule has 0 saturated carbocycles. The van der Waals surface area contributed by atoms with Crippen molar-refractivity contribution in [2.45, 2.75) is 12.8 Å². The summed E-state index contributed by atoms with van der Waals surface area (Å²) in [5.41, 5.74) is -0.578. The highest BCUT2D eigenvalue weighted by atomic mass is 79.9. The van der Waals surface area contributed by atoms with Crippen LogP contribution in [0.3, 0.4) is 0 Å². The molecule has 1 aromatic rings. The van der Waals surface area contributed by atoms with Crippen molar-refractivity contribution < 1.29 is 19.4 Å². The topological polar surface area (TPSA) is 79.7 Å². The molecule has 21 heavy (non-hydrogen) atoms. The molecule has 1 N–H and O–H groups in total. The van der Waals surface area contributed by atoms with Gasteiger partial charge in [0.15, 0.2) is 0 Å². The average Bonchev–Trinajstić information content (AvgIpc) is 2.47. The van der Waals surface area contributed by atoms with Gasteiger partial charge in [0.1, 0.15) is 5.41 Å². The maximum absolute atomic E-state index is 12.5. The van der Waals surface area contributed by atoms with E-state index in [1.807, 2.05) is 0 Å². The number of piperidine rings is 1. The molecule has 1 fully saturated rings. The van der Waals surface area contributed by atoms with Crippen molar-refractivity contribution in [3.05, 3.63) is 28.5 Å². The number of carbonyl (C=O) groups is 2. The standard InChI is InChI=1S/C14H17BrN2O4/c1-21-9-14(13(19)20)3-2-4-17(8-14)12(18)10-5-11(15)7-16-6-10/h5-7H,2-4,8-9H2,1H3,(H,19,20). The number of pyridine rings is 1. The molecule has 0 bridgehead atoms. The number of aliphatic carboxylic acids is 1. The van der Waals surface area contributed by atoms with Crippen LogP contribution in [0.4, 0.5) is 0 Å². The van der Waals surface area contributed by atoms with Gasteiger partial charge in [-0.05, 0) is 34.8 Å². The highest BCUT2D eigenvalue weighted by molar-refractivity contribution is 9.10. The minimum absolute atomic E-state index is 0.100. The van der Waals surface area contributed by atoms with Gasteiger partial charge in [-0.3, -0.25) is 14.6 Å². The Hall–Kier alpha value is -1.47. The maximum atomic E-state index is 12.5. The average molecular weight is 357 g/mol. The van der Waals surface area contributed by atoms with E-state index >= 15 is 0 Å². The normalized spacial score (nSPS) is 22.1. The Morgan fingerprint density at radius 1 is 1.52 bits per heavy atom. The van der Waals surface area contributed by atoms with Crippen LogP contribution >= 0.6 is 15.9 Å². The molecule has 1 aliphatic rings. The zero-order valence-electron chi connectivity index (χ0n) is 11.7. The molecular formula is C14H17BrN2O4. The van der Waals surface area contributed by atoms with Crippen molar-refractivity contribution >= 4 is 27.8 Å². The summed E-state index contributed by atoms with van der Waals surface area (Å²) in [6, 6.07) is 1.68. The number of hydrogen-bond donors (Lipinski definition) is 1. The molecule has 2 heterocycles. The van der Waals surface area contributed by atoms with Gasteiger partial charge < -0.3 is 14.7 Å². The van der Waals surface area contributed by atoms with Crippen LogP contribution in [0.5, 0.6) is 0 Å². The molecule has 114 valence electrons. The van der Waals surface area contributed by atoms with E-state index in [0.717, 1.165) is 0 Å². The van der Waals surface area contributed by atoms with Crippen molar-refractivity contribution in [1.82, 2.24) is 9.88 Å². The van der Waals surface area contributed by atoms with E-state index in [1.165, 1.54) is 13.3 Å². The second-order valence-corrected chi connectivity index (χ2v) is 6.16. The summed E-state index contributed by atoms with van der Waals surface area (Å²) in [5, 5.41) is 9.50. The number of rotatable bonds is 4. The minimum Gasteiger partial charge on any atom is -0.481 e. The third kappa shape index (κ3) is 3.41. The van der Waals surface area contributed by atoms with Crippen LogP contribution in [0.15, 0.2) is 22.9 Å². The molecule has 1 aromatic heterocycles. The summed E-state index contributed by atoms with van der Waals surface area (Å²) in [5.74, 6) is -1.13. The number of likely N-dealkylation sites (tertiary alicyclic amines) is 1.